The molecule has 0 N–H and O–H groups in total. The number of allylic oxidation sites excluding steroid dienone is 8. The van der Waals surface area contributed by atoms with Crippen molar-refractivity contribution < 1.29 is 28.6 Å². The smallest absolute Gasteiger partial charge is 0.306 e. The van der Waals surface area contributed by atoms with Crippen LogP contribution in [0, 0.1) is 0 Å². The standard InChI is InChI=1S/C61H110O6/c1-4-7-10-13-16-19-22-25-27-28-29-30-31-32-34-37-40-43-46-49-52-55-61(64)67-58(56-65-59(62)53-50-47-44-41-38-35-24-21-18-15-12-9-6-3)57-66-60(63)54-51-48-45-42-39-36-33-26-23-20-17-14-11-8-5-2/h8,11,17,20-21,24,26,33,58H,4-7,9-10,12-16,18-19,22-23,25,27-32,34-57H2,1-3H3/b11-8-,20-17-,24-21-,33-26-/t58-/m0/s1. The number of unbranched alkanes of at least 4 members (excludes halogenated alkanes) is 34. The summed E-state index contributed by atoms with van der Waals surface area (Å²) < 4.78 is 16.9. The number of hydrogen-bond donors (Lipinski definition) is 0. The lowest BCUT2D eigenvalue weighted by atomic mass is 10.0. The molecule has 0 aromatic carbocycles. The van der Waals surface area contributed by atoms with Crippen molar-refractivity contribution in [1.82, 2.24) is 0 Å². The second kappa shape index (κ2) is 56.0. The minimum Gasteiger partial charge on any atom is -0.462 e. The first-order chi connectivity index (χ1) is 33.0. The highest BCUT2D eigenvalue weighted by atomic mass is 16.6. The predicted molar refractivity (Wildman–Crippen MR) is 289 cm³/mol. The van der Waals surface area contributed by atoms with Gasteiger partial charge in [0.2, 0.25) is 0 Å². The summed E-state index contributed by atoms with van der Waals surface area (Å²) in [6, 6.07) is 0. The molecule has 0 radical (unpaired) electrons. The molecule has 6 heteroatoms. The number of carbonyl (C=O) groups is 3. The van der Waals surface area contributed by atoms with Crippen LogP contribution in [0.5, 0.6) is 0 Å². The Labute approximate surface area is 416 Å². The molecule has 1 atom stereocenters. The van der Waals surface area contributed by atoms with E-state index < -0.39 is 6.10 Å². The molecule has 0 aromatic heterocycles. The number of ether oxygens (including phenoxy) is 3. The Morgan fingerprint density at radius 3 is 0.940 bits per heavy atom. The van der Waals surface area contributed by atoms with Crippen LogP contribution in [-0.2, 0) is 28.6 Å². The van der Waals surface area contributed by atoms with Gasteiger partial charge < -0.3 is 14.2 Å². The van der Waals surface area contributed by atoms with E-state index in [4.69, 9.17) is 14.2 Å². The van der Waals surface area contributed by atoms with Crippen molar-refractivity contribution in [3.8, 4) is 0 Å². The first-order valence-corrected chi connectivity index (χ1v) is 29.1. The molecule has 390 valence electrons. The van der Waals surface area contributed by atoms with Crippen molar-refractivity contribution in [3.05, 3.63) is 48.6 Å². The van der Waals surface area contributed by atoms with Crippen molar-refractivity contribution in [1.29, 1.82) is 0 Å². The number of rotatable bonds is 53. The summed E-state index contributed by atoms with van der Waals surface area (Å²) in [5.41, 5.74) is 0. The van der Waals surface area contributed by atoms with Gasteiger partial charge in [-0.1, -0.05) is 256 Å². The van der Waals surface area contributed by atoms with Gasteiger partial charge in [0.15, 0.2) is 6.10 Å². The molecule has 0 spiro atoms. The van der Waals surface area contributed by atoms with E-state index in [-0.39, 0.29) is 31.1 Å². The summed E-state index contributed by atoms with van der Waals surface area (Å²) >= 11 is 0. The second-order valence-electron chi connectivity index (χ2n) is 19.5. The molecule has 67 heavy (non-hydrogen) atoms. The zero-order valence-corrected chi connectivity index (χ0v) is 44.7. The molecule has 0 saturated heterocycles. The average Bonchev–Trinajstić information content (AvgIpc) is 3.33. The third kappa shape index (κ3) is 54.2. The summed E-state index contributed by atoms with van der Waals surface area (Å²) in [5.74, 6) is -0.890. The Balaban J connectivity index is 4.32. The fourth-order valence-corrected chi connectivity index (χ4v) is 8.45. The predicted octanol–water partition coefficient (Wildman–Crippen LogP) is 19.4. The van der Waals surface area contributed by atoms with Crippen LogP contribution in [-0.4, -0.2) is 37.2 Å². The van der Waals surface area contributed by atoms with E-state index in [1.165, 1.54) is 161 Å². The molecule has 0 amide bonds. The van der Waals surface area contributed by atoms with E-state index in [0.29, 0.717) is 19.3 Å². The van der Waals surface area contributed by atoms with Crippen LogP contribution < -0.4 is 0 Å². The largest absolute Gasteiger partial charge is 0.462 e. The van der Waals surface area contributed by atoms with Crippen molar-refractivity contribution in [2.45, 2.75) is 309 Å². The Bertz CT molecular complexity index is 1170. The maximum Gasteiger partial charge on any atom is 0.306 e. The van der Waals surface area contributed by atoms with Crippen LogP contribution in [0.3, 0.4) is 0 Å². The van der Waals surface area contributed by atoms with Gasteiger partial charge in [0, 0.05) is 19.3 Å². The molecule has 0 unspecified atom stereocenters. The van der Waals surface area contributed by atoms with Gasteiger partial charge in [-0.3, -0.25) is 14.4 Å². The molecular weight excluding hydrogens is 829 g/mol. The first kappa shape index (κ1) is 64.4. The lowest BCUT2D eigenvalue weighted by molar-refractivity contribution is -0.167. The number of esters is 3. The van der Waals surface area contributed by atoms with Gasteiger partial charge in [0.25, 0.3) is 0 Å². The quantitative estimate of drug-likeness (QED) is 0.0262. The maximum atomic E-state index is 12.9. The molecule has 0 fully saturated rings. The molecule has 0 bridgehead atoms. The van der Waals surface area contributed by atoms with Gasteiger partial charge in [0.1, 0.15) is 13.2 Å². The highest BCUT2D eigenvalue weighted by Crippen LogP contribution is 2.17. The summed E-state index contributed by atoms with van der Waals surface area (Å²) in [4.78, 5) is 38.1. The zero-order valence-electron chi connectivity index (χ0n) is 44.7. The number of hydrogen-bond acceptors (Lipinski definition) is 6. The average molecular weight is 940 g/mol. The van der Waals surface area contributed by atoms with E-state index in [1.54, 1.807) is 0 Å². The topological polar surface area (TPSA) is 78.9 Å². The highest BCUT2D eigenvalue weighted by molar-refractivity contribution is 5.71. The minimum atomic E-state index is -0.781. The van der Waals surface area contributed by atoms with Crippen molar-refractivity contribution in [2.75, 3.05) is 13.2 Å². The second-order valence-corrected chi connectivity index (χ2v) is 19.5. The maximum absolute atomic E-state index is 12.9. The van der Waals surface area contributed by atoms with Crippen molar-refractivity contribution in [3.63, 3.8) is 0 Å². The van der Waals surface area contributed by atoms with Gasteiger partial charge in [0.05, 0.1) is 0 Å². The lowest BCUT2D eigenvalue weighted by Crippen LogP contribution is -2.30. The summed E-state index contributed by atoms with van der Waals surface area (Å²) in [6.07, 6.45) is 68.2. The third-order valence-electron chi connectivity index (χ3n) is 12.8. The van der Waals surface area contributed by atoms with Crippen LogP contribution in [0.15, 0.2) is 48.6 Å². The van der Waals surface area contributed by atoms with E-state index in [9.17, 15) is 14.4 Å². The molecule has 6 nitrogen and oxygen atoms in total. The van der Waals surface area contributed by atoms with E-state index >= 15 is 0 Å². The molecule has 0 aliphatic rings. The Kier molecular flexibility index (Phi) is 53.8. The van der Waals surface area contributed by atoms with Gasteiger partial charge >= 0.3 is 17.9 Å². The number of carbonyl (C=O) groups excluding carboxylic acids is 3. The fourth-order valence-electron chi connectivity index (χ4n) is 8.45. The molecule has 0 aromatic rings. The Hall–Kier alpha value is -2.63. The summed E-state index contributed by atoms with van der Waals surface area (Å²) in [7, 11) is 0. The van der Waals surface area contributed by atoms with Crippen LogP contribution >= 0.6 is 0 Å². The van der Waals surface area contributed by atoms with Gasteiger partial charge in [-0.15, -0.1) is 0 Å². The van der Waals surface area contributed by atoms with Gasteiger partial charge in [-0.25, -0.2) is 0 Å². The monoisotopic (exact) mass is 939 g/mol. The lowest BCUT2D eigenvalue weighted by Gasteiger charge is -2.18. The zero-order chi connectivity index (χ0) is 48.6. The third-order valence-corrected chi connectivity index (χ3v) is 12.8. The van der Waals surface area contributed by atoms with Crippen LogP contribution in [0.4, 0.5) is 0 Å². The highest BCUT2D eigenvalue weighted by Gasteiger charge is 2.19. The molecular formula is C61H110O6. The van der Waals surface area contributed by atoms with Gasteiger partial charge in [-0.2, -0.15) is 0 Å². The summed E-state index contributed by atoms with van der Waals surface area (Å²) in [5, 5.41) is 0. The van der Waals surface area contributed by atoms with Crippen LogP contribution in [0.2, 0.25) is 0 Å². The molecule has 0 aliphatic carbocycles. The Morgan fingerprint density at radius 2 is 0.582 bits per heavy atom. The van der Waals surface area contributed by atoms with Crippen molar-refractivity contribution >= 4 is 17.9 Å². The minimum absolute atomic E-state index is 0.0804. The SMILES string of the molecule is CC/C=C\C/C=C\C/C=C\CCCCCCCC(=O)OC[C@H](COC(=O)CCCCCCC/C=C\CCCCCC)OC(=O)CCCCCCCCCCCCCCCCCCCCCCC. The first-order valence-electron chi connectivity index (χ1n) is 29.1. The van der Waals surface area contributed by atoms with Crippen LogP contribution in [0.25, 0.3) is 0 Å². The molecule has 0 saturated carbocycles. The fraction of sp³-hybridized carbons (Fsp3) is 0.820. The Morgan fingerprint density at radius 1 is 0.313 bits per heavy atom. The van der Waals surface area contributed by atoms with E-state index in [2.05, 4.69) is 69.4 Å². The van der Waals surface area contributed by atoms with E-state index in [1.807, 2.05) is 0 Å². The molecule has 0 rings (SSSR count). The normalized spacial score (nSPS) is 12.3. The molecule has 0 heterocycles. The summed E-state index contributed by atoms with van der Waals surface area (Å²) in [6.45, 7) is 6.53. The van der Waals surface area contributed by atoms with Crippen molar-refractivity contribution in [2.24, 2.45) is 0 Å². The van der Waals surface area contributed by atoms with E-state index in [0.717, 1.165) is 103 Å². The van der Waals surface area contributed by atoms with Crippen LogP contribution in [0.1, 0.15) is 303 Å². The van der Waals surface area contributed by atoms with Gasteiger partial charge in [-0.05, 0) is 77.0 Å². The molecule has 0 aliphatic heterocycles.